The maximum Gasteiger partial charge on any atom is 0.380 e. The van der Waals surface area contributed by atoms with Crippen LogP contribution in [0.2, 0.25) is 0 Å². The quantitative estimate of drug-likeness (QED) is 0.128. The van der Waals surface area contributed by atoms with E-state index in [9.17, 15) is 9.13 Å². The molecule has 0 aromatic carbocycles. The molecule has 2 aliphatic carbocycles. The van der Waals surface area contributed by atoms with Crippen molar-refractivity contribution in [2.75, 3.05) is 99.2 Å². The van der Waals surface area contributed by atoms with Crippen molar-refractivity contribution < 1.29 is 42.4 Å². The van der Waals surface area contributed by atoms with Crippen molar-refractivity contribution in [3.8, 4) is 0 Å². The van der Waals surface area contributed by atoms with E-state index < -0.39 is 13.7 Å². The maximum atomic E-state index is 12.0. The van der Waals surface area contributed by atoms with Gasteiger partial charge in [-0.05, 0) is 124 Å². The van der Waals surface area contributed by atoms with Gasteiger partial charge in [0.25, 0.3) is 0 Å². The number of nitrogens with zero attached hydrogens (tertiary/aromatic N) is 3. The number of ether oxygens (including phenoxy) is 2. The molecule has 12 nitrogen and oxygen atoms in total. The molecule has 57 heavy (non-hydrogen) atoms. The topological polar surface area (TPSA) is 140 Å². The Morgan fingerprint density at radius 2 is 1.26 bits per heavy atom. The molecular formula is C41H89Cl2N3O9P2. The summed E-state index contributed by atoms with van der Waals surface area (Å²) >= 11 is 10.1. The Morgan fingerprint density at radius 3 is 1.63 bits per heavy atom. The lowest BCUT2D eigenvalue weighted by molar-refractivity contribution is 0.0503. The van der Waals surface area contributed by atoms with Gasteiger partial charge in [0.2, 0.25) is 0 Å². The number of hydrogen-bond acceptors (Lipinski definition) is 12. The van der Waals surface area contributed by atoms with Crippen LogP contribution in [-0.4, -0.2) is 120 Å². The van der Waals surface area contributed by atoms with Crippen molar-refractivity contribution in [1.82, 2.24) is 9.88 Å². The van der Waals surface area contributed by atoms with Crippen LogP contribution in [0.15, 0.2) is 24.5 Å². The van der Waals surface area contributed by atoms with Crippen molar-refractivity contribution in [2.45, 2.75) is 127 Å². The standard InChI is InChI=1S/C14H29O4P.C7H10N2.C7H14O2.C5H11NO.C4H9Cl2O2P.4CH4/c1-4-5-10-17-19(3,15)18-12-14-8-6-13(7-9-14)11-16-2;1-9(2)7-3-5-8-6-4-7;8-5-6-1-3-7(9)4-2-6;1-6-2-4-7-5-3-6;1-2-3-4-8-9(5,6)7;;;;/h13-14H,4-12H2,1-3H3;3-6H,1-2H3;6-9H,1-5H2;2-5H2,1H3;2-4H2,1H3;4*1H4. The zero-order valence-corrected chi connectivity index (χ0v) is 37.0. The van der Waals surface area contributed by atoms with E-state index in [1.165, 1.54) is 18.5 Å². The van der Waals surface area contributed by atoms with Crippen molar-refractivity contribution in [3.05, 3.63) is 24.5 Å². The molecule has 346 valence electrons. The molecule has 0 amide bonds. The van der Waals surface area contributed by atoms with E-state index in [1.807, 2.05) is 38.1 Å². The van der Waals surface area contributed by atoms with Crippen molar-refractivity contribution in [1.29, 1.82) is 0 Å². The molecule has 16 heteroatoms. The Balaban J connectivity index is -0.000000205. The number of pyridine rings is 1. The number of aromatic nitrogens is 1. The lowest BCUT2D eigenvalue weighted by Crippen LogP contribution is -2.32. The average molecular weight is 901 g/mol. The number of unbranched alkanes of at least 4 members (excludes halogenated alkanes) is 2. The summed E-state index contributed by atoms with van der Waals surface area (Å²) in [6.07, 6.45) is 12.4. The molecule has 2 saturated carbocycles. The van der Waals surface area contributed by atoms with Crippen LogP contribution in [0.4, 0.5) is 5.69 Å². The third-order valence-electron chi connectivity index (χ3n) is 8.96. The molecule has 0 bridgehead atoms. The molecule has 1 saturated heterocycles. The number of morpholine rings is 1. The zero-order valence-electron chi connectivity index (χ0n) is 33.7. The molecule has 1 unspecified atom stereocenters. The van der Waals surface area contributed by atoms with E-state index in [0.717, 1.165) is 97.1 Å². The molecule has 1 aromatic rings. The van der Waals surface area contributed by atoms with E-state index in [4.69, 9.17) is 51.2 Å². The third kappa shape index (κ3) is 40.8. The third-order valence-corrected chi connectivity index (χ3v) is 11.3. The molecule has 3 fully saturated rings. The van der Waals surface area contributed by atoms with Crippen LogP contribution >= 0.6 is 36.2 Å². The number of likely N-dealkylation sites (N-methyl/N-ethyl adjacent to an activating group) is 1. The monoisotopic (exact) mass is 900 g/mol. The van der Waals surface area contributed by atoms with Crippen molar-refractivity contribution >= 4 is 41.8 Å². The predicted octanol–water partition coefficient (Wildman–Crippen LogP) is 11.7. The van der Waals surface area contributed by atoms with Crippen LogP contribution in [-0.2, 0) is 32.2 Å². The fourth-order valence-corrected chi connectivity index (χ4v) is 7.17. The molecule has 3 aliphatic rings. The highest BCUT2D eigenvalue weighted by Gasteiger charge is 2.24. The normalized spacial score (nSPS) is 21.2. The van der Waals surface area contributed by atoms with Crippen LogP contribution in [0.1, 0.15) is 121 Å². The first-order valence-corrected chi connectivity index (χ1v) is 24.7. The predicted molar refractivity (Wildman–Crippen MR) is 247 cm³/mol. The van der Waals surface area contributed by atoms with Crippen LogP contribution in [0, 0.1) is 17.8 Å². The summed E-state index contributed by atoms with van der Waals surface area (Å²) in [6, 6.07) is 3.94. The van der Waals surface area contributed by atoms with Gasteiger partial charge < -0.3 is 43.1 Å². The minimum Gasteiger partial charge on any atom is -0.396 e. The minimum absolute atomic E-state index is 0. The second-order valence-corrected chi connectivity index (χ2v) is 20.4. The van der Waals surface area contributed by atoms with Crippen molar-refractivity contribution in [3.63, 3.8) is 0 Å². The summed E-state index contributed by atoms with van der Waals surface area (Å²) in [6.45, 7) is 12.3. The van der Waals surface area contributed by atoms with E-state index in [-0.39, 0.29) is 35.8 Å². The fourth-order valence-electron chi connectivity index (χ4n) is 5.39. The first kappa shape index (κ1) is 65.8. The number of aliphatic hydroxyl groups is 2. The Labute approximate surface area is 361 Å². The SMILES string of the molecule is C.C.C.C.CCCCOP(=O)(Cl)Cl.CCCCOP(C)(=O)OCC1CCC(COC)CC1.CN(C)c1ccncc1.CN1CCOCC1.OCC1CCC(O)CC1. The van der Waals surface area contributed by atoms with Crippen LogP contribution in [0.25, 0.3) is 0 Å². The van der Waals surface area contributed by atoms with E-state index in [1.54, 1.807) is 26.2 Å². The van der Waals surface area contributed by atoms with Crippen LogP contribution in [0.5, 0.6) is 0 Å². The average Bonchev–Trinajstić information content (AvgIpc) is 3.13. The largest absolute Gasteiger partial charge is 0.396 e. The summed E-state index contributed by atoms with van der Waals surface area (Å²) in [5.74, 6) is 1.68. The van der Waals surface area contributed by atoms with Gasteiger partial charge in [-0.2, -0.15) is 0 Å². The minimum atomic E-state index is -3.25. The zero-order chi connectivity index (χ0) is 40.0. The molecule has 0 spiro atoms. The Hall–Kier alpha value is -0.330. The molecule has 0 radical (unpaired) electrons. The molecule has 1 aliphatic heterocycles. The number of aliphatic hydroxyl groups excluding tert-OH is 2. The summed E-state index contributed by atoms with van der Waals surface area (Å²) in [5.41, 5.74) is 1.19. The fraction of sp³-hybridized carbons (Fsp3) is 0.878. The van der Waals surface area contributed by atoms with Gasteiger partial charge in [-0.3, -0.25) is 14.1 Å². The molecular weight excluding hydrogens is 811 g/mol. The Kier molecular flexibility index (Phi) is 47.4. The lowest BCUT2D eigenvalue weighted by Gasteiger charge is -2.28. The summed E-state index contributed by atoms with van der Waals surface area (Å²) in [4.78, 5) is 8.21. The lowest BCUT2D eigenvalue weighted by atomic mass is 9.83. The van der Waals surface area contributed by atoms with Gasteiger partial charge in [0.1, 0.15) is 0 Å². The van der Waals surface area contributed by atoms with Crippen LogP contribution < -0.4 is 4.90 Å². The first-order chi connectivity index (χ1) is 25.2. The Bertz CT molecular complexity index is 1060. The van der Waals surface area contributed by atoms with Crippen molar-refractivity contribution in [2.24, 2.45) is 17.8 Å². The molecule has 1 aromatic heterocycles. The highest BCUT2D eigenvalue weighted by atomic mass is 35.9. The molecule has 2 N–H and O–H groups in total. The molecule has 4 rings (SSSR count). The van der Waals surface area contributed by atoms with E-state index >= 15 is 0 Å². The van der Waals surface area contributed by atoms with E-state index in [0.29, 0.717) is 44.2 Å². The second-order valence-electron chi connectivity index (χ2n) is 14.1. The van der Waals surface area contributed by atoms with Gasteiger partial charge in [0.05, 0.1) is 39.1 Å². The maximum absolute atomic E-state index is 12.0. The summed E-state index contributed by atoms with van der Waals surface area (Å²) in [5, 5.41) is 17.7. The number of methoxy groups -OCH3 is 1. The second kappa shape index (κ2) is 41.0. The Morgan fingerprint density at radius 1 is 0.807 bits per heavy atom. The van der Waals surface area contributed by atoms with E-state index in [2.05, 4.69) is 28.4 Å². The number of halogens is 2. The van der Waals surface area contributed by atoms with Crippen LogP contribution in [0.3, 0.4) is 0 Å². The summed E-state index contributed by atoms with van der Waals surface area (Å²) < 4.78 is 48.1. The van der Waals surface area contributed by atoms with Gasteiger partial charge in [-0.15, -0.1) is 0 Å². The van der Waals surface area contributed by atoms with Gasteiger partial charge >= 0.3 is 13.7 Å². The summed E-state index contributed by atoms with van der Waals surface area (Å²) in [7, 11) is 5.05. The smallest absolute Gasteiger partial charge is 0.380 e. The van der Waals surface area contributed by atoms with Gasteiger partial charge in [-0.1, -0.05) is 56.4 Å². The molecule has 1 atom stereocenters. The number of rotatable bonds is 15. The number of hydrogen-bond donors (Lipinski definition) is 2. The highest BCUT2D eigenvalue weighted by Crippen LogP contribution is 2.57. The highest BCUT2D eigenvalue weighted by molar-refractivity contribution is 8.05. The van der Waals surface area contributed by atoms with Gasteiger partial charge in [-0.25, -0.2) is 0 Å². The molecule has 2 heterocycles. The van der Waals surface area contributed by atoms with Gasteiger partial charge in [0, 0.05) is 72.3 Å². The van der Waals surface area contributed by atoms with Gasteiger partial charge in [0.15, 0.2) is 0 Å². The number of anilines is 1. The first-order valence-electron chi connectivity index (χ1n) is 19.3.